The van der Waals surface area contributed by atoms with Crippen LogP contribution in [0.2, 0.25) is 0 Å². The first-order valence-electron chi connectivity index (χ1n) is 25.4. The number of carbonyl (C=O) groups is 3. The van der Waals surface area contributed by atoms with Gasteiger partial charge in [0.15, 0.2) is 6.10 Å². The molecule has 57 heavy (non-hydrogen) atoms. The summed E-state index contributed by atoms with van der Waals surface area (Å²) >= 11 is 0. The average molecular weight is 807 g/mol. The van der Waals surface area contributed by atoms with Gasteiger partial charge in [-0.15, -0.1) is 0 Å². The van der Waals surface area contributed by atoms with Crippen molar-refractivity contribution in [3.8, 4) is 0 Å². The lowest BCUT2D eigenvalue weighted by atomic mass is 10.0. The van der Waals surface area contributed by atoms with Crippen LogP contribution < -0.4 is 0 Å². The molecule has 6 nitrogen and oxygen atoms in total. The van der Waals surface area contributed by atoms with Crippen LogP contribution in [0.1, 0.15) is 285 Å². The van der Waals surface area contributed by atoms with Crippen molar-refractivity contribution >= 4 is 17.9 Å². The topological polar surface area (TPSA) is 78.9 Å². The monoisotopic (exact) mass is 807 g/mol. The predicted octanol–water partition coefficient (Wildman–Crippen LogP) is 16.3. The molecule has 0 aromatic rings. The molecule has 0 aliphatic rings. The minimum atomic E-state index is -0.759. The molecule has 0 rings (SSSR count). The number of rotatable bonds is 46. The van der Waals surface area contributed by atoms with Crippen molar-refractivity contribution in [2.24, 2.45) is 5.92 Å². The van der Waals surface area contributed by atoms with Gasteiger partial charge in [-0.3, -0.25) is 14.4 Å². The maximum atomic E-state index is 12.7. The van der Waals surface area contributed by atoms with Crippen molar-refractivity contribution in [3.63, 3.8) is 0 Å². The SMILES string of the molecule is CCCCCCCCCCCCCCCCCCCC(=O)OC[C@@H](COC(=O)CCCCCCCCCCCCC(C)C)OC(=O)CCCCCCCCCCC. The van der Waals surface area contributed by atoms with Crippen molar-refractivity contribution in [3.05, 3.63) is 0 Å². The van der Waals surface area contributed by atoms with Crippen molar-refractivity contribution in [1.82, 2.24) is 0 Å². The van der Waals surface area contributed by atoms with Gasteiger partial charge in [-0.1, -0.05) is 246 Å². The van der Waals surface area contributed by atoms with Crippen LogP contribution in [0.15, 0.2) is 0 Å². The van der Waals surface area contributed by atoms with Crippen LogP contribution in [-0.2, 0) is 28.6 Å². The van der Waals surface area contributed by atoms with Gasteiger partial charge in [0.25, 0.3) is 0 Å². The Hall–Kier alpha value is -1.59. The summed E-state index contributed by atoms with van der Waals surface area (Å²) in [6.45, 7) is 8.99. The second-order valence-corrected chi connectivity index (χ2v) is 17.9. The van der Waals surface area contributed by atoms with E-state index in [0.717, 1.165) is 63.7 Å². The second kappa shape index (κ2) is 45.5. The Morgan fingerprint density at radius 3 is 0.860 bits per heavy atom. The smallest absolute Gasteiger partial charge is 0.306 e. The molecule has 0 bridgehead atoms. The molecular weight excluding hydrogens is 709 g/mol. The molecule has 0 aliphatic heterocycles. The molecule has 0 spiro atoms. The van der Waals surface area contributed by atoms with E-state index in [9.17, 15) is 14.4 Å². The highest BCUT2D eigenvalue weighted by molar-refractivity contribution is 5.71. The lowest BCUT2D eigenvalue weighted by Crippen LogP contribution is -2.30. The molecule has 0 unspecified atom stereocenters. The van der Waals surface area contributed by atoms with Crippen LogP contribution in [0.5, 0.6) is 0 Å². The summed E-state index contributed by atoms with van der Waals surface area (Å²) in [5.74, 6) is -0.0309. The van der Waals surface area contributed by atoms with Crippen LogP contribution >= 0.6 is 0 Å². The van der Waals surface area contributed by atoms with Gasteiger partial charge in [-0.05, 0) is 25.2 Å². The molecule has 0 fully saturated rings. The molecule has 0 saturated heterocycles. The van der Waals surface area contributed by atoms with E-state index in [1.807, 2.05) is 0 Å². The van der Waals surface area contributed by atoms with Gasteiger partial charge in [0, 0.05) is 19.3 Å². The van der Waals surface area contributed by atoms with Gasteiger partial charge >= 0.3 is 17.9 Å². The Morgan fingerprint density at radius 1 is 0.333 bits per heavy atom. The Kier molecular flexibility index (Phi) is 44.2. The maximum absolute atomic E-state index is 12.7. The van der Waals surface area contributed by atoms with Gasteiger partial charge in [0.2, 0.25) is 0 Å². The molecule has 0 saturated carbocycles. The summed E-state index contributed by atoms with van der Waals surface area (Å²) < 4.78 is 16.8. The lowest BCUT2D eigenvalue weighted by molar-refractivity contribution is -0.167. The zero-order valence-electron chi connectivity index (χ0n) is 38.8. The van der Waals surface area contributed by atoms with Crippen LogP contribution in [0.25, 0.3) is 0 Å². The molecule has 0 radical (unpaired) electrons. The Balaban J connectivity index is 4.23. The molecule has 0 aromatic heterocycles. The highest BCUT2D eigenvalue weighted by Crippen LogP contribution is 2.17. The fourth-order valence-electron chi connectivity index (χ4n) is 7.69. The van der Waals surface area contributed by atoms with Gasteiger partial charge in [0.1, 0.15) is 13.2 Å². The number of unbranched alkanes of at least 4 members (excludes halogenated alkanes) is 33. The maximum Gasteiger partial charge on any atom is 0.306 e. The highest BCUT2D eigenvalue weighted by Gasteiger charge is 2.19. The summed E-state index contributed by atoms with van der Waals surface area (Å²) in [5.41, 5.74) is 0. The van der Waals surface area contributed by atoms with E-state index in [1.165, 1.54) is 180 Å². The van der Waals surface area contributed by atoms with Crippen molar-refractivity contribution in [1.29, 1.82) is 0 Å². The molecular formula is C51H98O6. The minimum Gasteiger partial charge on any atom is -0.462 e. The second-order valence-electron chi connectivity index (χ2n) is 17.9. The van der Waals surface area contributed by atoms with E-state index in [4.69, 9.17) is 14.2 Å². The van der Waals surface area contributed by atoms with E-state index in [0.29, 0.717) is 19.3 Å². The third-order valence-corrected chi connectivity index (χ3v) is 11.5. The van der Waals surface area contributed by atoms with Gasteiger partial charge in [0.05, 0.1) is 0 Å². The zero-order valence-corrected chi connectivity index (χ0v) is 38.8. The molecule has 0 N–H and O–H groups in total. The Bertz CT molecular complexity index is 857. The average Bonchev–Trinajstić information content (AvgIpc) is 3.19. The van der Waals surface area contributed by atoms with Crippen LogP contribution in [0, 0.1) is 5.92 Å². The van der Waals surface area contributed by atoms with Gasteiger partial charge < -0.3 is 14.2 Å². The zero-order chi connectivity index (χ0) is 41.7. The van der Waals surface area contributed by atoms with Gasteiger partial charge in [-0.25, -0.2) is 0 Å². The highest BCUT2D eigenvalue weighted by atomic mass is 16.6. The summed E-state index contributed by atoms with van der Waals surface area (Å²) in [5, 5.41) is 0. The van der Waals surface area contributed by atoms with E-state index < -0.39 is 6.10 Å². The summed E-state index contributed by atoms with van der Waals surface area (Å²) in [6.07, 6.45) is 46.6. The van der Waals surface area contributed by atoms with Crippen LogP contribution in [-0.4, -0.2) is 37.2 Å². The van der Waals surface area contributed by atoms with Crippen LogP contribution in [0.3, 0.4) is 0 Å². The predicted molar refractivity (Wildman–Crippen MR) is 243 cm³/mol. The largest absolute Gasteiger partial charge is 0.462 e. The first-order chi connectivity index (χ1) is 27.9. The summed E-state index contributed by atoms with van der Waals surface area (Å²) in [4.78, 5) is 37.8. The number of carbonyl (C=O) groups excluding carboxylic acids is 3. The van der Waals surface area contributed by atoms with Crippen molar-refractivity contribution in [2.45, 2.75) is 291 Å². The standard InChI is InChI=1S/C51H98O6/c1-5-7-9-11-13-15-16-17-18-19-20-21-22-27-30-34-38-42-49(52)55-45-48(57-51(54)44-40-36-32-25-14-12-10-8-6-2)46-56-50(53)43-39-35-31-28-24-23-26-29-33-37-41-47(3)4/h47-48H,5-46H2,1-4H3/t48-/m0/s1. The third kappa shape index (κ3) is 45.3. The third-order valence-electron chi connectivity index (χ3n) is 11.5. The molecule has 0 heterocycles. The quantitative estimate of drug-likeness (QED) is 0.0346. The molecule has 6 heteroatoms. The molecule has 1 atom stereocenters. The van der Waals surface area contributed by atoms with Crippen molar-refractivity contribution in [2.75, 3.05) is 13.2 Å². The minimum absolute atomic E-state index is 0.0632. The van der Waals surface area contributed by atoms with E-state index >= 15 is 0 Å². The van der Waals surface area contributed by atoms with E-state index in [-0.39, 0.29) is 31.1 Å². The van der Waals surface area contributed by atoms with E-state index in [1.54, 1.807) is 0 Å². The van der Waals surface area contributed by atoms with Crippen LogP contribution in [0.4, 0.5) is 0 Å². The fourth-order valence-corrected chi connectivity index (χ4v) is 7.69. The fraction of sp³-hybridized carbons (Fsp3) is 0.941. The summed E-state index contributed by atoms with van der Waals surface area (Å²) in [7, 11) is 0. The van der Waals surface area contributed by atoms with Gasteiger partial charge in [-0.2, -0.15) is 0 Å². The Morgan fingerprint density at radius 2 is 0.579 bits per heavy atom. The number of ether oxygens (including phenoxy) is 3. The first kappa shape index (κ1) is 55.4. The lowest BCUT2D eigenvalue weighted by Gasteiger charge is -2.18. The normalized spacial score (nSPS) is 11.9. The van der Waals surface area contributed by atoms with E-state index in [2.05, 4.69) is 27.7 Å². The van der Waals surface area contributed by atoms with Crippen molar-refractivity contribution < 1.29 is 28.6 Å². The number of hydrogen-bond acceptors (Lipinski definition) is 6. The number of esters is 3. The summed E-state index contributed by atoms with van der Waals surface area (Å²) in [6, 6.07) is 0. The Labute approximate surface area is 355 Å². The molecule has 0 aromatic carbocycles. The molecule has 0 amide bonds. The molecule has 338 valence electrons. The molecule has 0 aliphatic carbocycles. The first-order valence-corrected chi connectivity index (χ1v) is 25.4. The number of hydrogen-bond donors (Lipinski definition) is 0.